The van der Waals surface area contributed by atoms with E-state index in [1.807, 2.05) is 0 Å². The largest absolute Gasteiger partial charge is 0.344 e. The molecule has 0 atom stereocenters. The zero-order valence-electron chi connectivity index (χ0n) is 9.98. The Morgan fingerprint density at radius 1 is 1.29 bits per heavy atom. The minimum Gasteiger partial charge on any atom is -0.330 e. The number of hydrogen-bond donors (Lipinski definition) is 1. The van der Waals surface area contributed by atoms with E-state index in [2.05, 4.69) is 9.22 Å². The van der Waals surface area contributed by atoms with Crippen molar-refractivity contribution in [1.82, 2.24) is 0 Å². The van der Waals surface area contributed by atoms with E-state index in [-0.39, 0.29) is 11.8 Å². The van der Waals surface area contributed by atoms with Gasteiger partial charge in [-0.1, -0.05) is 23.6 Å². The molecule has 0 heterocycles. The van der Waals surface area contributed by atoms with Crippen LogP contribution < -0.4 is 5.73 Å². The molecule has 1 aliphatic rings. The van der Waals surface area contributed by atoms with Gasteiger partial charge in [-0.05, 0) is 24.8 Å². The lowest BCUT2D eigenvalue weighted by atomic mass is 9.72. The monoisotopic (exact) mass is 265 g/mol. The first-order chi connectivity index (χ1) is 7.87. The predicted octanol–water partition coefficient (Wildman–Crippen LogP) is 0.720. The molecule has 0 amide bonds. The number of hydrogen-bond acceptors (Lipinski definition) is 6. The summed E-state index contributed by atoms with van der Waals surface area (Å²) >= 11 is 0. The van der Waals surface area contributed by atoms with Crippen LogP contribution in [0.2, 0.25) is 0 Å². The van der Waals surface area contributed by atoms with Crippen LogP contribution in [0.3, 0.4) is 0 Å². The molecule has 7 heteroatoms. The molecule has 0 aromatic carbocycles. The highest BCUT2D eigenvalue weighted by Crippen LogP contribution is 2.38. The third kappa shape index (κ3) is 5.01. The SMILES string of the molecule is CS(=O)(=O)OOC(=O)CC1(CN)CCCCC1. The number of carbonyl (C=O) groups is 1. The van der Waals surface area contributed by atoms with Crippen molar-refractivity contribution in [2.45, 2.75) is 38.5 Å². The molecule has 2 N–H and O–H groups in total. The van der Waals surface area contributed by atoms with Gasteiger partial charge >= 0.3 is 5.97 Å². The Morgan fingerprint density at radius 2 is 1.88 bits per heavy atom. The molecule has 0 saturated heterocycles. The second-order valence-corrected chi connectivity index (χ2v) is 6.21. The summed E-state index contributed by atoms with van der Waals surface area (Å²) in [6.07, 6.45) is 5.90. The van der Waals surface area contributed by atoms with Gasteiger partial charge in [0.25, 0.3) is 10.1 Å². The molecule has 1 saturated carbocycles. The molecular formula is C10H19NO5S. The fraction of sp³-hybridized carbons (Fsp3) is 0.900. The smallest absolute Gasteiger partial charge is 0.330 e. The highest BCUT2D eigenvalue weighted by Gasteiger charge is 2.34. The first-order valence-electron chi connectivity index (χ1n) is 5.66. The summed E-state index contributed by atoms with van der Waals surface area (Å²) in [4.78, 5) is 15.7. The lowest BCUT2D eigenvalue weighted by molar-refractivity contribution is -0.213. The number of nitrogens with two attached hydrogens (primary N) is 1. The molecule has 0 unspecified atom stereocenters. The maximum Gasteiger partial charge on any atom is 0.344 e. The van der Waals surface area contributed by atoms with E-state index in [9.17, 15) is 13.2 Å². The van der Waals surface area contributed by atoms with E-state index in [1.54, 1.807) is 0 Å². The third-order valence-electron chi connectivity index (χ3n) is 3.12. The van der Waals surface area contributed by atoms with E-state index in [4.69, 9.17) is 5.73 Å². The maximum absolute atomic E-state index is 11.5. The zero-order chi connectivity index (χ0) is 12.9. The van der Waals surface area contributed by atoms with Crippen LogP contribution in [0.25, 0.3) is 0 Å². The Kier molecular flexibility index (Phi) is 4.91. The van der Waals surface area contributed by atoms with Gasteiger partial charge in [0, 0.05) is 0 Å². The molecule has 0 bridgehead atoms. The fourth-order valence-corrected chi connectivity index (χ4v) is 2.39. The Hall–Kier alpha value is -0.660. The van der Waals surface area contributed by atoms with Gasteiger partial charge < -0.3 is 5.73 Å². The quantitative estimate of drug-likeness (QED) is 0.581. The van der Waals surface area contributed by atoms with E-state index in [0.29, 0.717) is 6.54 Å². The summed E-state index contributed by atoms with van der Waals surface area (Å²) in [5, 5.41) is 0. The summed E-state index contributed by atoms with van der Waals surface area (Å²) in [6.45, 7) is 0.404. The molecule has 6 nitrogen and oxygen atoms in total. The zero-order valence-corrected chi connectivity index (χ0v) is 10.8. The molecule has 0 aromatic heterocycles. The van der Waals surface area contributed by atoms with Crippen molar-refractivity contribution in [1.29, 1.82) is 0 Å². The molecule has 100 valence electrons. The fourth-order valence-electron chi connectivity index (χ4n) is 2.19. The summed E-state index contributed by atoms with van der Waals surface area (Å²) in [5.74, 6) is -0.678. The molecule has 0 radical (unpaired) electrons. The second kappa shape index (κ2) is 5.79. The molecule has 1 fully saturated rings. The van der Waals surface area contributed by atoms with Crippen molar-refractivity contribution < 1.29 is 22.4 Å². The normalized spacial score (nSPS) is 19.9. The standard InChI is InChI=1S/C10H19NO5S/c1-17(13,14)16-15-9(12)7-10(8-11)5-3-2-4-6-10/h2-8,11H2,1H3. The minimum absolute atomic E-state index is 0.110. The minimum atomic E-state index is -3.76. The molecule has 17 heavy (non-hydrogen) atoms. The van der Waals surface area contributed by atoms with E-state index in [1.165, 1.54) is 0 Å². The van der Waals surface area contributed by atoms with Crippen molar-refractivity contribution in [3.63, 3.8) is 0 Å². The Balaban J connectivity index is 2.48. The van der Waals surface area contributed by atoms with Crippen molar-refractivity contribution >= 4 is 16.1 Å². The molecule has 1 aliphatic carbocycles. The Morgan fingerprint density at radius 3 is 2.35 bits per heavy atom. The van der Waals surface area contributed by atoms with Crippen molar-refractivity contribution in [2.24, 2.45) is 11.1 Å². The van der Waals surface area contributed by atoms with Crippen LogP contribution in [0.15, 0.2) is 0 Å². The van der Waals surface area contributed by atoms with E-state index in [0.717, 1.165) is 38.4 Å². The van der Waals surface area contributed by atoms with Gasteiger partial charge in [0.15, 0.2) is 0 Å². The van der Waals surface area contributed by atoms with Crippen LogP contribution in [0.5, 0.6) is 0 Å². The number of carbonyl (C=O) groups excluding carboxylic acids is 1. The second-order valence-electron chi connectivity index (χ2n) is 4.67. The lowest BCUT2D eigenvalue weighted by Crippen LogP contribution is -2.35. The molecular weight excluding hydrogens is 246 g/mol. The van der Waals surface area contributed by atoms with Crippen molar-refractivity contribution in [3.05, 3.63) is 0 Å². The molecule has 1 rings (SSSR count). The summed E-state index contributed by atoms with van der Waals surface area (Å²) in [7, 11) is -3.76. The molecule has 0 aromatic rings. The van der Waals surface area contributed by atoms with Gasteiger partial charge in [-0.15, -0.1) is 0 Å². The Bertz CT molecular complexity index is 359. The average molecular weight is 265 g/mol. The first-order valence-corrected chi connectivity index (χ1v) is 7.48. The molecule has 0 spiro atoms. The van der Waals surface area contributed by atoms with E-state index < -0.39 is 16.1 Å². The summed E-state index contributed by atoms with van der Waals surface area (Å²) < 4.78 is 25.3. The van der Waals surface area contributed by atoms with Crippen LogP contribution in [0.4, 0.5) is 0 Å². The van der Waals surface area contributed by atoms with E-state index >= 15 is 0 Å². The first kappa shape index (κ1) is 14.4. The predicted molar refractivity (Wildman–Crippen MR) is 61.2 cm³/mol. The van der Waals surface area contributed by atoms with Gasteiger partial charge in [-0.2, -0.15) is 8.42 Å². The number of rotatable bonds is 5. The summed E-state index contributed by atoms with van der Waals surface area (Å²) in [6, 6.07) is 0. The van der Waals surface area contributed by atoms with Gasteiger partial charge in [-0.3, -0.25) is 4.89 Å². The van der Waals surface area contributed by atoms with Crippen LogP contribution >= 0.6 is 0 Å². The highest BCUT2D eigenvalue weighted by atomic mass is 32.2. The van der Waals surface area contributed by atoms with Crippen LogP contribution in [-0.2, 0) is 24.1 Å². The van der Waals surface area contributed by atoms with Gasteiger partial charge in [0.1, 0.15) is 0 Å². The van der Waals surface area contributed by atoms with Gasteiger partial charge in [0.05, 0.1) is 12.7 Å². The third-order valence-corrected chi connectivity index (χ3v) is 3.43. The van der Waals surface area contributed by atoms with Gasteiger partial charge in [0.2, 0.25) is 0 Å². The van der Waals surface area contributed by atoms with Crippen LogP contribution in [-0.4, -0.2) is 27.2 Å². The topological polar surface area (TPSA) is 95.7 Å². The van der Waals surface area contributed by atoms with Crippen molar-refractivity contribution in [3.8, 4) is 0 Å². The lowest BCUT2D eigenvalue weighted by Gasteiger charge is -2.34. The summed E-state index contributed by atoms with van der Waals surface area (Å²) in [5.41, 5.74) is 5.45. The maximum atomic E-state index is 11.5. The Labute approximate surface area is 102 Å². The van der Waals surface area contributed by atoms with Crippen LogP contribution in [0.1, 0.15) is 38.5 Å². The highest BCUT2D eigenvalue weighted by molar-refractivity contribution is 7.85. The average Bonchev–Trinajstić information content (AvgIpc) is 2.27. The van der Waals surface area contributed by atoms with Crippen LogP contribution in [0, 0.1) is 5.41 Å². The molecule has 0 aliphatic heterocycles. The van der Waals surface area contributed by atoms with Gasteiger partial charge in [-0.25, -0.2) is 4.79 Å². The van der Waals surface area contributed by atoms with Crippen molar-refractivity contribution in [2.75, 3.05) is 12.8 Å².